The molecule has 18 heavy (non-hydrogen) atoms. The van der Waals surface area contributed by atoms with Crippen LogP contribution in [0.25, 0.3) is 0 Å². The van der Waals surface area contributed by atoms with E-state index in [1.807, 2.05) is 6.07 Å². The number of hydrogen-bond donors (Lipinski definition) is 0. The van der Waals surface area contributed by atoms with Gasteiger partial charge in [-0.2, -0.15) is 0 Å². The summed E-state index contributed by atoms with van der Waals surface area (Å²) < 4.78 is 18.6. The van der Waals surface area contributed by atoms with Crippen molar-refractivity contribution in [1.29, 1.82) is 0 Å². The van der Waals surface area contributed by atoms with Crippen molar-refractivity contribution in [3.8, 4) is 0 Å². The molecule has 4 heteroatoms. The Hall–Kier alpha value is -2.10. The highest BCUT2D eigenvalue weighted by Gasteiger charge is 2.15. The van der Waals surface area contributed by atoms with Gasteiger partial charge in [-0.3, -0.25) is 4.79 Å². The summed E-state index contributed by atoms with van der Waals surface area (Å²) in [6.07, 6.45) is 2.21. The van der Waals surface area contributed by atoms with E-state index in [0.717, 1.165) is 5.76 Å². The first kappa shape index (κ1) is 12.4. The molecule has 1 aromatic carbocycles. The summed E-state index contributed by atoms with van der Waals surface area (Å²) in [5.74, 6) is -0.00446. The normalized spacial score (nSPS) is 10.3. The predicted molar refractivity (Wildman–Crippen MR) is 65.8 cm³/mol. The number of likely N-dealkylation sites (N-methyl/N-ethyl adjacent to an activating group) is 1. The second kappa shape index (κ2) is 5.49. The minimum atomic E-state index is -0.493. The average molecular weight is 247 g/mol. The van der Waals surface area contributed by atoms with Crippen molar-refractivity contribution in [1.82, 2.24) is 4.90 Å². The minimum Gasteiger partial charge on any atom is -0.469 e. The van der Waals surface area contributed by atoms with Gasteiger partial charge in [0.1, 0.15) is 11.6 Å². The highest BCUT2D eigenvalue weighted by atomic mass is 19.1. The molecular formula is C14H14FNO2. The lowest BCUT2D eigenvalue weighted by Crippen LogP contribution is -2.29. The van der Waals surface area contributed by atoms with Gasteiger partial charge in [-0.15, -0.1) is 0 Å². The van der Waals surface area contributed by atoms with Crippen LogP contribution < -0.4 is 0 Å². The van der Waals surface area contributed by atoms with Crippen molar-refractivity contribution in [3.05, 3.63) is 59.8 Å². The van der Waals surface area contributed by atoms with E-state index in [1.165, 1.54) is 17.0 Å². The van der Waals surface area contributed by atoms with Crippen LogP contribution in [0.4, 0.5) is 4.39 Å². The molecule has 1 heterocycles. The first-order valence-corrected chi connectivity index (χ1v) is 5.71. The van der Waals surface area contributed by atoms with E-state index < -0.39 is 5.82 Å². The fourth-order valence-corrected chi connectivity index (χ4v) is 1.67. The molecule has 94 valence electrons. The summed E-state index contributed by atoms with van der Waals surface area (Å²) in [7, 11) is 1.65. The zero-order valence-corrected chi connectivity index (χ0v) is 10.1. The number of halogens is 1. The van der Waals surface area contributed by atoms with E-state index in [-0.39, 0.29) is 11.5 Å². The van der Waals surface area contributed by atoms with E-state index in [0.29, 0.717) is 13.0 Å². The molecule has 0 fully saturated rings. The highest BCUT2D eigenvalue weighted by Crippen LogP contribution is 2.10. The molecule has 0 N–H and O–H groups in total. The smallest absolute Gasteiger partial charge is 0.256 e. The SMILES string of the molecule is CN(CCc1ccco1)C(=O)c1ccccc1F. The molecule has 0 unspecified atom stereocenters. The van der Waals surface area contributed by atoms with Crippen molar-refractivity contribution in [2.75, 3.05) is 13.6 Å². The van der Waals surface area contributed by atoms with Crippen LogP contribution >= 0.6 is 0 Å². The van der Waals surface area contributed by atoms with E-state index in [1.54, 1.807) is 31.5 Å². The number of rotatable bonds is 4. The summed E-state index contributed by atoms with van der Waals surface area (Å²) in [5, 5.41) is 0. The quantitative estimate of drug-likeness (QED) is 0.832. The molecule has 0 spiro atoms. The van der Waals surface area contributed by atoms with Crippen LogP contribution in [0, 0.1) is 5.82 Å². The van der Waals surface area contributed by atoms with Gasteiger partial charge in [-0.1, -0.05) is 12.1 Å². The molecule has 3 nitrogen and oxygen atoms in total. The van der Waals surface area contributed by atoms with Crippen LogP contribution in [-0.4, -0.2) is 24.4 Å². The van der Waals surface area contributed by atoms with E-state index in [4.69, 9.17) is 4.42 Å². The minimum absolute atomic E-state index is 0.0967. The molecule has 0 saturated heterocycles. The number of furan rings is 1. The van der Waals surface area contributed by atoms with Gasteiger partial charge in [0.15, 0.2) is 0 Å². The molecule has 1 aromatic heterocycles. The Balaban J connectivity index is 1.99. The second-order valence-electron chi connectivity index (χ2n) is 4.04. The Morgan fingerprint density at radius 1 is 1.28 bits per heavy atom. The third-order valence-electron chi connectivity index (χ3n) is 2.72. The van der Waals surface area contributed by atoms with Gasteiger partial charge in [0.05, 0.1) is 11.8 Å². The number of carbonyl (C=O) groups excluding carboxylic acids is 1. The van der Waals surface area contributed by atoms with E-state index in [9.17, 15) is 9.18 Å². The Morgan fingerprint density at radius 3 is 2.72 bits per heavy atom. The van der Waals surface area contributed by atoms with Crippen LogP contribution in [0.15, 0.2) is 47.1 Å². The van der Waals surface area contributed by atoms with Crippen molar-refractivity contribution in [2.45, 2.75) is 6.42 Å². The highest BCUT2D eigenvalue weighted by molar-refractivity contribution is 5.94. The Kier molecular flexibility index (Phi) is 3.77. The first-order chi connectivity index (χ1) is 8.68. The van der Waals surface area contributed by atoms with Crippen LogP contribution in [0.3, 0.4) is 0 Å². The predicted octanol–water partition coefficient (Wildman–Crippen LogP) is 2.73. The Bertz CT molecular complexity index is 522. The number of nitrogens with zero attached hydrogens (tertiary/aromatic N) is 1. The summed E-state index contributed by atoms with van der Waals surface area (Å²) in [6.45, 7) is 0.487. The maximum absolute atomic E-state index is 13.4. The molecule has 0 saturated carbocycles. The van der Waals surface area contributed by atoms with Crippen molar-refractivity contribution in [3.63, 3.8) is 0 Å². The lowest BCUT2D eigenvalue weighted by Gasteiger charge is -2.16. The zero-order valence-electron chi connectivity index (χ0n) is 10.1. The van der Waals surface area contributed by atoms with Gasteiger partial charge >= 0.3 is 0 Å². The Morgan fingerprint density at radius 2 is 2.06 bits per heavy atom. The summed E-state index contributed by atoms with van der Waals surface area (Å²) >= 11 is 0. The lowest BCUT2D eigenvalue weighted by molar-refractivity contribution is 0.0790. The topological polar surface area (TPSA) is 33.5 Å². The third-order valence-corrected chi connectivity index (χ3v) is 2.72. The molecule has 0 aliphatic carbocycles. The third kappa shape index (κ3) is 2.77. The monoisotopic (exact) mass is 247 g/mol. The second-order valence-corrected chi connectivity index (χ2v) is 4.04. The Labute approximate surface area is 105 Å². The van der Waals surface area contributed by atoms with E-state index >= 15 is 0 Å². The molecule has 0 aliphatic rings. The molecule has 0 bridgehead atoms. The molecule has 0 aliphatic heterocycles. The summed E-state index contributed by atoms with van der Waals surface area (Å²) in [4.78, 5) is 13.5. The van der Waals surface area contributed by atoms with Crippen molar-refractivity contribution in [2.24, 2.45) is 0 Å². The van der Waals surface area contributed by atoms with Gasteiger partial charge in [0, 0.05) is 20.0 Å². The maximum atomic E-state index is 13.4. The average Bonchev–Trinajstić information content (AvgIpc) is 2.89. The van der Waals surface area contributed by atoms with Crippen LogP contribution in [-0.2, 0) is 6.42 Å². The van der Waals surface area contributed by atoms with Gasteiger partial charge < -0.3 is 9.32 Å². The molecule has 2 aromatic rings. The summed E-state index contributed by atoms with van der Waals surface area (Å²) in [6, 6.07) is 9.63. The number of benzene rings is 1. The van der Waals surface area contributed by atoms with Crippen molar-refractivity contribution >= 4 is 5.91 Å². The first-order valence-electron chi connectivity index (χ1n) is 5.71. The number of carbonyl (C=O) groups is 1. The van der Waals surface area contributed by atoms with Gasteiger partial charge in [0.2, 0.25) is 0 Å². The largest absolute Gasteiger partial charge is 0.469 e. The van der Waals surface area contributed by atoms with Crippen molar-refractivity contribution < 1.29 is 13.6 Å². The maximum Gasteiger partial charge on any atom is 0.256 e. The van der Waals surface area contributed by atoms with Crippen LogP contribution in [0.5, 0.6) is 0 Å². The van der Waals surface area contributed by atoms with Gasteiger partial charge in [-0.25, -0.2) is 4.39 Å². The standard InChI is InChI=1S/C14H14FNO2/c1-16(9-8-11-5-4-10-18-11)14(17)12-6-2-3-7-13(12)15/h2-7,10H,8-9H2,1H3. The molecular weight excluding hydrogens is 233 g/mol. The van der Waals surface area contributed by atoms with Crippen LogP contribution in [0.2, 0.25) is 0 Å². The molecule has 0 atom stereocenters. The van der Waals surface area contributed by atoms with Gasteiger partial charge in [0.25, 0.3) is 5.91 Å². The summed E-state index contributed by atoms with van der Waals surface area (Å²) in [5.41, 5.74) is 0.0967. The number of hydrogen-bond acceptors (Lipinski definition) is 2. The fraction of sp³-hybridized carbons (Fsp3) is 0.214. The molecule has 1 amide bonds. The van der Waals surface area contributed by atoms with Crippen LogP contribution in [0.1, 0.15) is 16.1 Å². The zero-order chi connectivity index (χ0) is 13.0. The fourth-order valence-electron chi connectivity index (χ4n) is 1.67. The number of amides is 1. The molecule has 0 radical (unpaired) electrons. The van der Waals surface area contributed by atoms with E-state index in [2.05, 4.69) is 0 Å². The lowest BCUT2D eigenvalue weighted by atomic mass is 10.2. The molecule has 2 rings (SSSR count). The van der Waals surface area contributed by atoms with Gasteiger partial charge in [-0.05, 0) is 24.3 Å².